The number of fused-ring (bicyclic) bond motifs is 1. The topological polar surface area (TPSA) is 71.1 Å². The summed E-state index contributed by atoms with van der Waals surface area (Å²) < 4.78 is 7.22. The Morgan fingerprint density at radius 3 is 2.69 bits per heavy atom. The lowest BCUT2D eigenvalue weighted by molar-refractivity contribution is 0.273. The van der Waals surface area contributed by atoms with Crippen LogP contribution in [0.1, 0.15) is 16.8 Å². The van der Waals surface area contributed by atoms with Crippen LogP contribution < -0.4 is 4.74 Å². The molecule has 0 aliphatic heterocycles. The minimum Gasteiger partial charge on any atom is -0.481 e. The van der Waals surface area contributed by atoms with E-state index >= 15 is 0 Å². The van der Waals surface area contributed by atoms with Gasteiger partial charge < -0.3 is 14.4 Å². The first-order valence-corrected chi connectivity index (χ1v) is 9.43. The minimum absolute atomic E-state index is 0.154. The zero-order chi connectivity index (χ0) is 20.4. The van der Waals surface area contributed by atoms with Gasteiger partial charge in [-0.05, 0) is 42.0 Å². The summed E-state index contributed by atoms with van der Waals surface area (Å²) in [5.41, 5.74) is 4.97. The molecule has 0 saturated heterocycles. The predicted molar refractivity (Wildman–Crippen MR) is 113 cm³/mol. The van der Waals surface area contributed by atoms with E-state index in [1.807, 2.05) is 42.5 Å². The Balaban J connectivity index is 1.96. The Morgan fingerprint density at radius 2 is 2.03 bits per heavy atom. The molecule has 4 rings (SSSR count). The normalized spacial score (nSPS) is 10.8. The van der Waals surface area contributed by atoms with Gasteiger partial charge in [-0.15, -0.1) is 0 Å². The zero-order valence-electron chi connectivity index (χ0n) is 15.8. The molecule has 2 heterocycles. The third-order valence-corrected chi connectivity index (χ3v) is 5.15. The summed E-state index contributed by atoms with van der Waals surface area (Å²) in [4.78, 5) is 4.31. The summed E-state index contributed by atoms with van der Waals surface area (Å²) in [5, 5.41) is 21.2. The molecule has 0 spiro atoms. The van der Waals surface area contributed by atoms with Crippen LogP contribution in [0.3, 0.4) is 0 Å². The molecule has 4 aromatic rings. The molecule has 2 aromatic heterocycles. The van der Waals surface area contributed by atoms with Crippen molar-refractivity contribution in [2.75, 3.05) is 7.11 Å². The maximum atomic E-state index is 10.3. The van der Waals surface area contributed by atoms with E-state index in [0.29, 0.717) is 23.0 Å². The van der Waals surface area contributed by atoms with Gasteiger partial charge in [-0.1, -0.05) is 23.7 Å². The molecule has 6 heteroatoms. The molecular formula is C23H18ClN3O2. The average Bonchev–Trinajstić information content (AvgIpc) is 3.06. The highest BCUT2D eigenvalue weighted by atomic mass is 35.5. The monoisotopic (exact) mass is 403 g/mol. The van der Waals surface area contributed by atoms with Gasteiger partial charge in [-0.25, -0.2) is 4.98 Å². The molecule has 0 amide bonds. The van der Waals surface area contributed by atoms with Gasteiger partial charge in [0.1, 0.15) is 0 Å². The number of aliphatic hydroxyl groups is 1. The predicted octanol–water partition coefficient (Wildman–Crippen LogP) is 4.78. The Hall–Kier alpha value is -3.33. The number of halogens is 1. The van der Waals surface area contributed by atoms with E-state index in [1.54, 1.807) is 25.4 Å². The summed E-state index contributed by atoms with van der Waals surface area (Å²) in [5.74, 6) is 0.514. The van der Waals surface area contributed by atoms with Crippen molar-refractivity contribution in [3.05, 3.63) is 82.6 Å². The lowest BCUT2D eigenvalue weighted by atomic mass is 10.0. The van der Waals surface area contributed by atoms with E-state index in [4.69, 9.17) is 16.3 Å². The fraction of sp³-hybridized carbons (Fsp3) is 0.130. The lowest BCUT2D eigenvalue weighted by Crippen LogP contribution is -2.05. The van der Waals surface area contributed by atoms with Crippen molar-refractivity contribution in [2.45, 2.75) is 13.2 Å². The molecule has 29 heavy (non-hydrogen) atoms. The Kier molecular flexibility index (Phi) is 5.22. The van der Waals surface area contributed by atoms with Crippen LogP contribution in [0.25, 0.3) is 22.0 Å². The van der Waals surface area contributed by atoms with Crippen LogP contribution >= 0.6 is 11.6 Å². The second-order valence-corrected chi connectivity index (χ2v) is 7.07. The van der Waals surface area contributed by atoms with Crippen molar-refractivity contribution in [2.24, 2.45) is 0 Å². The van der Waals surface area contributed by atoms with Crippen LogP contribution in [-0.2, 0) is 13.2 Å². The molecule has 144 valence electrons. The first kappa shape index (κ1) is 19.0. The second-order valence-electron chi connectivity index (χ2n) is 6.63. The maximum absolute atomic E-state index is 10.3. The number of ether oxygens (including phenoxy) is 1. The summed E-state index contributed by atoms with van der Waals surface area (Å²) in [6, 6.07) is 19.1. The van der Waals surface area contributed by atoms with Crippen molar-refractivity contribution in [1.82, 2.24) is 9.55 Å². The van der Waals surface area contributed by atoms with Gasteiger partial charge in [0, 0.05) is 45.9 Å². The Morgan fingerprint density at radius 1 is 1.17 bits per heavy atom. The summed E-state index contributed by atoms with van der Waals surface area (Å²) >= 11 is 6.16. The van der Waals surface area contributed by atoms with Gasteiger partial charge in [0.2, 0.25) is 5.88 Å². The molecule has 0 fully saturated rings. The minimum atomic E-state index is -0.154. The molecule has 0 atom stereocenters. The maximum Gasteiger partial charge on any atom is 0.212 e. The van der Waals surface area contributed by atoms with Gasteiger partial charge in [0.25, 0.3) is 0 Å². The molecule has 0 bridgehead atoms. The van der Waals surface area contributed by atoms with Crippen molar-refractivity contribution < 1.29 is 9.84 Å². The van der Waals surface area contributed by atoms with Gasteiger partial charge in [0.15, 0.2) is 0 Å². The quantitative estimate of drug-likeness (QED) is 0.520. The fourth-order valence-corrected chi connectivity index (χ4v) is 3.82. The standard InChI is InChI=1S/C23H18ClN3O2/c1-29-22-8-6-17(12-26-22)23-19-10-15(11-25)5-7-20(19)27(21(23)14-28)13-16-3-2-4-18(24)9-16/h2-10,12,28H,13-14H2,1H3. The smallest absolute Gasteiger partial charge is 0.212 e. The molecule has 0 saturated carbocycles. The van der Waals surface area contributed by atoms with Crippen LogP contribution in [0, 0.1) is 11.3 Å². The summed E-state index contributed by atoms with van der Waals surface area (Å²) in [6.45, 7) is 0.390. The van der Waals surface area contributed by atoms with Crippen LogP contribution in [0.15, 0.2) is 60.8 Å². The molecular weight excluding hydrogens is 386 g/mol. The molecule has 2 aromatic carbocycles. The summed E-state index contributed by atoms with van der Waals surface area (Å²) in [7, 11) is 1.57. The number of pyridine rings is 1. The second kappa shape index (κ2) is 7.96. The van der Waals surface area contributed by atoms with Crippen molar-refractivity contribution in [1.29, 1.82) is 5.26 Å². The van der Waals surface area contributed by atoms with Crippen molar-refractivity contribution >= 4 is 22.5 Å². The number of benzene rings is 2. The van der Waals surface area contributed by atoms with Crippen LogP contribution in [-0.4, -0.2) is 21.8 Å². The molecule has 5 nitrogen and oxygen atoms in total. The van der Waals surface area contributed by atoms with E-state index in [1.165, 1.54) is 0 Å². The number of aromatic nitrogens is 2. The number of hydrogen-bond acceptors (Lipinski definition) is 4. The number of rotatable bonds is 5. The zero-order valence-corrected chi connectivity index (χ0v) is 16.5. The third-order valence-electron chi connectivity index (χ3n) is 4.91. The molecule has 0 radical (unpaired) electrons. The number of nitrogens with zero attached hydrogens (tertiary/aromatic N) is 3. The Labute approximate surface area is 173 Å². The Bertz CT molecular complexity index is 1220. The van der Waals surface area contributed by atoms with Gasteiger partial charge >= 0.3 is 0 Å². The van der Waals surface area contributed by atoms with E-state index in [0.717, 1.165) is 33.3 Å². The largest absolute Gasteiger partial charge is 0.481 e. The van der Waals surface area contributed by atoms with Crippen molar-refractivity contribution in [3.63, 3.8) is 0 Å². The van der Waals surface area contributed by atoms with Crippen molar-refractivity contribution in [3.8, 4) is 23.1 Å². The van der Waals surface area contributed by atoms with E-state index in [-0.39, 0.29) is 6.61 Å². The average molecular weight is 404 g/mol. The molecule has 0 unspecified atom stereocenters. The van der Waals surface area contributed by atoms with Gasteiger partial charge in [0.05, 0.1) is 31.0 Å². The third kappa shape index (κ3) is 3.56. The van der Waals surface area contributed by atoms with Crippen LogP contribution in [0.2, 0.25) is 5.02 Å². The SMILES string of the molecule is COc1ccc(-c2c(CO)n(Cc3cccc(Cl)c3)c3ccc(C#N)cc23)cn1. The molecule has 1 N–H and O–H groups in total. The number of nitriles is 1. The number of aliphatic hydroxyl groups excluding tert-OH is 1. The highest BCUT2D eigenvalue weighted by molar-refractivity contribution is 6.30. The fourth-order valence-electron chi connectivity index (χ4n) is 3.61. The number of methoxy groups -OCH3 is 1. The number of hydrogen-bond donors (Lipinski definition) is 1. The van der Waals surface area contributed by atoms with E-state index < -0.39 is 0 Å². The van der Waals surface area contributed by atoms with E-state index in [9.17, 15) is 10.4 Å². The lowest BCUT2D eigenvalue weighted by Gasteiger charge is -2.11. The van der Waals surface area contributed by atoms with Gasteiger partial charge in [-0.3, -0.25) is 0 Å². The highest BCUT2D eigenvalue weighted by Gasteiger charge is 2.19. The van der Waals surface area contributed by atoms with Gasteiger partial charge in [-0.2, -0.15) is 5.26 Å². The summed E-state index contributed by atoms with van der Waals surface area (Å²) in [6.07, 6.45) is 1.72. The highest BCUT2D eigenvalue weighted by Crippen LogP contribution is 2.36. The van der Waals surface area contributed by atoms with E-state index in [2.05, 4.69) is 15.6 Å². The molecule has 0 aliphatic carbocycles. The van der Waals surface area contributed by atoms with Crippen LogP contribution in [0.5, 0.6) is 5.88 Å². The first-order chi connectivity index (χ1) is 14.1. The first-order valence-electron chi connectivity index (χ1n) is 9.05. The molecule has 0 aliphatic rings. The van der Waals surface area contributed by atoms with Crippen LogP contribution in [0.4, 0.5) is 0 Å².